The van der Waals surface area contributed by atoms with E-state index in [1.807, 2.05) is 78.9 Å². The second-order valence-electron chi connectivity index (χ2n) is 10.6. The Morgan fingerprint density at radius 3 is 2.09 bits per heavy atom. The van der Waals surface area contributed by atoms with E-state index in [-0.39, 0.29) is 0 Å². The van der Waals surface area contributed by atoms with E-state index >= 15 is 0 Å². The van der Waals surface area contributed by atoms with Gasteiger partial charge in [-0.1, -0.05) is 96.5 Å². The van der Waals surface area contributed by atoms with Crippen LogP contribution in [0.25, 0.3) is 22.3 Å². The molecule has 6 rings (SSSR count). The quantitative estimate of drug-likeness (QED) is 0.170. The first-order chi connectivity index (χ1) is 21.1. The molecule has 0 saturated carbocycles. The number of ether oxygens (including phenoxy) is 2. The lowest BCUT2D eigenvalue weighted by atomic mass is 9.99. The number of para-hydroxylation sites is 1. The molecule has 0 N–H and O–H groups in total. The minimum atomic E-state index is -0.428. The molecule has 1 aliphatic rings. The zero-order valence-corrected chi connectivity index (χ0v) is 24.8. The molecule has 1 saturated heterocycles. The topological polar surface area (TPSA) is 42.0 Å². The van der Waals surface area contributed by atoms with Crippen LogP contribution in [0.1, 0.15) is 15.9 Å². The van der Waals surface area contributed by atoms with Gasteiger partial charge in [0.25, 0.3) is 0 Å². The number of hydrogen-bond donors (Lipinski definition) is 0. The molecule has 6 heteroatoms. The molecule has 0 atom stereocenters. The van der Waals surface area contributed by atoms with Gasteiger partial charge in [-0.25, -0.2) is 4.79 Å². The van der Waals surface area contributed by atoms with Crippen LogP contribution < -0.4 is 9.64 Å². The first kappa shape index (κ1) is 28.5. The number of hydrogen-bond acceptors (Lipinski definition) is 5. The Hall–Kier alpha value is -4.58. The summed E-state index contributed by atoms with van der Waals surface area (Å²) < 4.78 is 11.6. The third kappa shape index (κ3) is 6.59. The van der Waals surface area contributed by atoms with Crippen LogP contribution in [0, 0.1) is 0 Å². The SMILES string of the molecule is COC(=O)c1ccc(N2CCN(Cc3ccccc3-c3ccc(Cl)cc3)CC2)cc1Oc1ccccc1-c1ccccc1. The van der Waals surface area contributed by atoms with Gasteiger partial charge in [0.1, 0.15) is 17.1 Å². The van der Waals surface area contributed by atoms with Crippen molar-refractivity contribution in [2.24, 2.45) is 0 Å². The van der Waals surface area contributed by atoms with Gasteiger partial charge >= 0.3 is 5.97 Å². The maximum absolute atomic E-state index is 12.7. The van der Waals surface area contributed by atoms with Crippen molar-refractivity contribution >= 4 is 23.3 Å². The van der Waals surface area contributed by atoms with Crippen molar-refractivity contribution in [3.8, 4) is 33.8 Å². The molecule has 43 heavy (non-hydrogen) atoms. The maximum Gasteiger partial charge on any atom is 0.341 e. The van der Waals surface area contributed by atoms with E-state index in [4.69, 9.17) is 21.1 Å². The van der Waals surface area contributed by atoms with Gasteiger partial charge in [0, 0.05) is 55.1 Å². The molecule has 216 valence electrons. The fourth-order valence-corrected chi connectivity index (χ4v) is 5.70. The molecule has 5 nitrogen and oxygen atoms in total. The highest BCUT2D eigenvalue weighted by molar-refractivity contribution is 6.30. The number of methoxy groups -OCH3 is 1. The maximum atomic E-state index is 12.7. The smallest absolute Gasteiger partial charge is 0.341 e. The number of carbonyl (C=O) groups is 1. The summed E-state index contributed by atoms with van der Waals surface area (Å²) in [7, 11) is 1.39. The van der Waals surface area contributed by atoms with Crippen LogP contribution >= 0.6 is 11.6 Å². The number of halogens is 1. The summed E-state index contributed by atoms with van der Waals surface area (Å²) in [5.74, 6) is 0.732. The number of benzene rings is 5. The van der Waals surface area contributed by atoms with E-state index < -0.39 is 5.97 Å². The Morgan fingerprint density at radius 1 is 0.698 bits per heavy atom. The highest BCUT2D eigenvalue weighted by Gasteiger charge is 2.22. The number of rotatable bonds is 8. The van der Waals surface area contributed by atoms with Gasteiger partial charge < -0.3 is 14.4 Å². The summed E-state index contributed by atoms with van der Waals surface area (Å²) in [6.45, 7) is 4.43. The van der Waals surface area contributed by atoms with E-state index in [0.717, 1.165) is 54.6 Å². The molecule has 0 amide bonds. The Morgan fingerprint density at radius 2 is 1.35 bits per heavy atom. The van der Waals surface area contributed by atoms with Crippen molar-refractivity contribution in [2.75, 3.05) is 38.2 Å². The fraction of sp³-hybridized carbons (Fsp3) is 0.162. The molecule has 0 radical (unpaired) electrons. The highest BCUT2D eigenvalue weighted by atomic mass is 35.5. The molecular weight excluding hydrogens is 556 g/mol. The molecular formula is C37H33ClN2O3. The summed E-state index contributed by atoms with van der Waals surface area (Å²) in [5.41, 5.74) is 7.11. The third-order valence-corrected chi connectivity index (χ3v) is 8.12. The van der Waals surface area contributed by atoms with Crippen molar-refractivity contribution in [3.63, 3.8) is 0 Å². The van der Waals surface area contributed by atoms with Crippen molar-refractivity contribution < 1.29 is 14.3 Å². The molecule has 1 aliphatic heterocycles. The van der Waals surface area contributed by atoms with Gasteiger partial charge in [0.15, 0.2) is 0 Å². The monoisotopic (exact) mass is 588 g/mol. The lowest BCUT2D eigenvalue weighted by molar-refractivity contribution is 0.0598. The molecule has 5 aromatic rings. The van der Waals surface area contributed by atoms with Crippen LogP contribution in [0.15, 0.2) is 121 Å². The van der Waals surface area contributed by atoms with Crippen molar-refractivity contribution in [2.45, 2.75) is 6.54 Å². The van der Waals surface area contributed by atoms with Gasteiger partial charge in [-0.15, -0.1) is 0 Å². The minimum absolute atomic E-state index is 0.395. The highest BCUT2D eigenvalue weighted by Crippen LogP contribution is 2.37. The largest absolute Gasteiger partial charge is 0.465 e. The standard InChI is InChI=1S/C37H33ClN2O3/c1-42-37(41)34-20-19-31(25-36(34)43-35-14-8-7-13-33(35)27-9-3-2-4-10-27)40-23-21-39(22-24-40)26-29-11-5-6-12-32(29)28-15-17-30(38)18-16-28/h2-20,25H,21-24,26H2,1H3. The van der Waals surface area contributed by atoms with Crippen LogP contribution in [0.2, 0.25) is 5.02 Å². The van der Waals surface area contributed by atoms with Gasteiger partial charge in [-0.05, 0) is 52.6 Å². The number of anilines is 1. The predicted molar refractivity (Wildman–Crippen MR) is 174 cm³/mol. The van der Waals surface area contributed by atoms with Crippen LogP contribution in [0.5, 0.6) is 11.5 Å². The Bertz CT molecular complexity index is 1700. The minimum Gasteiger partial charge on any atom is -0.465 e. The first-order valence-electron chi connectivity index (χ1n) is 14.4. The zero-order chi connectivity index (χ0) is 29.6. The summed E-state index contributed by atoms with van der Waals surface area (Å²) in [4.78, 5) is 17.5. The second-order valence-corrected chi connectivity index (χ2v) is 11.0. The normalized spacial score (nSPS) is 13.5. The molecule has 1 heterocycles. The third-order valence-electron chi connectivity index (χ3n) is 7.87. The van der Waals surface area contributed by atoms with E-state index in [0.29, 0.717) is 17.1 Å². The van der Waals surface area contributed by atoms with E-state index in [1.165, 1.54) is 23.8 Å². The first-order valence-corrected chi connectivity index (χ1v) is 14.8. The molecule has 0 spiro atoms. The van der Waals surface area contributed by atoms with Crippen molar-refractivity contribution in [1.82, 2.24) is 4.90 Å². The van der Waals surface area contributed by atoms with Crippen LogP contribution in [-0.4, -0.2) is 44.2 Å². The lowest BCUT2D eigenvalue weighted by Gasteiger charge is -2.36. The summed E-state index contributed by atoms with van der Waals surface area (Å²) in [6, 6.07) is 40.3. The molecule has 0 bridgehead atoms. The number of piperazine rings is 1. The Balaban J connectivity index is 1.19. The van der Waals surface area contributed by atoms with Gasteiger partial charge in [-0.3, -0.25) is 4.90 Å². The average Bonchev–Trinajstić information content (AvgIpc) is 3.06. The van der Waals surface area contributed by atoms with Gasteiger partial charge in [0.2, 0.25) is 0 Å². The summed E-state index contributed by atoms with van der Waals surface area (Å²) in [6.07, 6.45) is 0. The predicted octanol–water partition coefficient (Wildman–Crippen LogP) is 8.58. The number of nitrogens with zero attached hydrogens (tertiary/aromatic N) is 2. The second kappa shape index (κ2) is 13.2. The van der Waals surface area contributed by atoms with Crippen molar-refractivity contribution in [1.29, 1.82) is 0 Å². The molecule has 5 aromatic carbocycles. The average molecular weight is 589 g/mol. The molecule has 0 unspecified atom stereocenters. The van der Waals surface area contributed by atoms with E-state index in [1.54, 1.807) is 6.07 Å². The summed E-state index contributed by atoms with van der Waals surface area (Å²) >= 11 is 6.13. The fourth-order valence-electron chi connectivity index (χ4n) is 5.58. The molecule has 1 fully saturated rings. The number of carbonyl (C=O) groups excluding carboxylic acids is 1. The molecule has 0 aliphatic carbocycles. The van der Waals surface area contributed by atoms with Crippen LogP contribution in [-0.2, 0) is 11.3 Å². The Kier molecular flexibility index (Phi) is 8.73. The van der Waals surface area contributed by atoms with Gasteiger partial charge in [0.05, 0.1) is 7.11 Å². The van der Waals surface area contributed by atoms with Crippen molar-refractivity contribution in [3.05, 3.63) is 137 Å². The number of esters is 1. The zero-order valence-electron chi connectivity index (χ0n) is 24.1. The van der Waals surface area contributed by atoms with Gasteiger partial charge in [-0.2, -0.15) is 0 Å². The van der Waals surface area contributed by atoms with E-state index in [9.17, 15) is 4.79 Å². The van der Waals surface area contributed by atoms with Crippen LogP contribution in [0.4, 0.5) is 5.69 Å². The van der Waals surface area contributed by atoms with Crippen LogP contribution in [0.3, 0.4) is 0 Å². The molecule has 0 aromatic heterocycles. The Labute approximate surface area is 257 Å². The lowest BCUT2D eigenvalue weighted by Crippen LogP contribution is -2.46. The summed E-state index contributed by atoms with van der Waals surface area (Å²) in [5, 5.41) is 0.742. The van der Waals surface area contributed by atoms with E-state index in [2.05, 4.69) is 46.2 Å².